The Hall–Kier alpha value is -3.37. The summed E-state index contributed by atoms with van der Waals surface area (Å²) in [5.74, 6) is -1.27. The monoisotopic (exact) mass is 425 g/mol. The van der Waals surface area contributed by atoms with Crippen LogP contribution in [0.15, 0.2) is 40.1 Å². The summed E-state index contributed by atoms with van der Waals surface area (Å²) in [5.41, 5.74) is -2.54. The lowest BCUT2D eigenvalue weighted by atomic mass is 10.0. The molecule has 30 heavy (non-hydrogen) atoms. The van der Waals surface area contributed by atoms with E-state index in [9.17, 15) is 27.2 Å². The zero-order valence-electron chi connectivity index (χ0n) is 16.6. The Morgan fingerprint density at radius 1 is 1.17 bits per heavy atom. The third kappa shape index (κ3) is 3.74. The molecule has 0 fully saturated rings. The second kappa shape index (κ2) is 7.47. The molecule has 160 valence electrons. The van der Waals surface area contributed by atoms with Crippen molar-refractivity contribution < 1.29 is 17.6 Å². The molecule has 0 spiro atoms. The number of hydrogen-bond donors (Lipinski definition) is 1. The summed E-state index contributed by atoms with van der Waals surface area (Å²) in [5, 5.41) is 8.81. The minimum atomic E-state index is -4.83. The fourth-order valence-electron chi connectivity index (χ4n) is 3.12. The number of fused-ring (bicyclic) bond motifs is 1. The highest BCUT2D eigenvalue weighted by Crippen LogP contribution is 2.34. The van der Waals surface area contributed by atoms with E-state index in [4.69, 9.17) is 0 Å². The summed E-state index contributed by atoms with van der Waals surface area (Å²) in [6.45, 7) is 1.47. The maximum absolute atomic E-state index is 14.5. The van der Waals surface area contributed by atoms with Gasteiger partial charge in [0, 0.05) is 39.0 Å². The number of benzene rings is 1. The van der Waals surface area contributed by atoms with Crippen molar-refractivity contribution in [3.05, 3.63) is 68.1 Å². The van der Waals surface area contributed by atoms with Gasteiger partial charge in [-0.25, -0.2) is 13.7 Å². The molecule has 11 heteroatoms. The topological polar surface area (TPSA) is 72.2 Å². The number of halogens is 4. The molecule has 0 saturated heterocycles. The highest BCUT2D eigenvalue weighted by Gasteiger charge is 2.35. The number of rotatable bonds is 4. The largest absolute Gasteiger partial charge is 0.419 e. The van der Waals surface area contributed by atoms with E-state index in [1.54, 1.807) is 14.1 Å². The summed E-state index contributed by atoms with van der Waals surface area (Å²) < 4.78 is 55.9. The van der Waals surface area contributed by atoms with Crippen molar-refractivity contribution in [2.75, 3.05) is 24.4 Å². The fraction of sp³-hybridized carbons (Fsp3) is 0.316. The first-order valence-electron chi connectivity index (χ1n) is 8.85. The second-order valence-electron chi connectivity index (χ2n) is 6.98. The van der Waals surface area contributed by atoms with Gasteiger partial charge in [-0.05, 0) is 13.0 Å². The minimum absolute atomic E-state index is 0.0785. The van der Waals surface area contributed by atoms with E-state index in [1.165, 1.54) is 35.9 Å². The Kier molecular flexibility index (Phi) is 5.31. The van der Waals surface area contributed by atoms with Gasteiger partial charge in [-0.2, -0.15) is 18.3 Å². The van der Waals surface area contributed by atoms with Crippen LogP contribution >= 0.6 is 0 Å². The minimum Gasteiger partial charge on any atom is -0.361 e. The maximum atomic E-state index is 14.5. The van der Waals surface area contributed by atoms with Crippen LogP contribution in [0.2, 0.25) is 0 Å². The Morgan fingerprint density at radius 3 is 2.43 bits per heavy atom. The molecule has 0 amide bonds. The highest BCUT2D eigenvalue weighted by molar-refractivity contribution is 5.90. The van der Waals surface area contributed by atoms with Crippen LogP contribution in [0, 0.1) is 5.82 Å². The molecule has 0 bridgehead atoms. The highest BCUT2D eigenvalue weighted by atomic mass is 19.4. The number of hydrogen-bond acceptors (Lipinski definition) is 5. The third-order valence-electron chi connectivity index (χ3n) is 4.65. The molecule has 0 saturated carbocycles. The quantitative estimate of drug-likeness (QED) is 0.651. The molecule has 1 aromatic carbocycles. The molecule has 0 aliphatic heterocycles. The van der Waals surface area contributed by atoms with E-state index in [-0.39, 0.29) is 22.2 Å². The molecule has 0 radical (unpaired) electrons. The Balaban J connectivity index is 2.14. The number of nitrogens with one attached hydrogen (secondary N) is 1. The molecule has 0 aliphatic carbocycles. The van der Waals surface area contributed by atoms with Crippen LogP contribution in [-0.4, -0.2) is 28.6 Å². The van der Waals surface area contributed by atoms with Crippen molar-refractivity contribution >= 4 is 16.6 Å². The third-order valence-corrected chi connectivity index (χ3v) is 4.65. The second-order valence-corrected chi connectivity index (χ2v) is 6.98. The lowest BCUT2D eigenvalue weighted by molar-refractivity contribution is -0.140. The van der Waals surface area contributed by atoms with Crippen molar-refractivity contribution in [1.82, 2.24) is 14.5 Å². The molecule has 0 unspecified atom stereocenters. The predicted molar refractivity (Wildman–Crippen MR) is 105 cm³/mol. The number of pyridine rings is 1. The first-order valence-corrected chi connectivity index (χ1v) is 8.85. The van der Waals surface area contributed by atoms with Crippen LogP contribution < -0.4 is 21.4 Å². The van der Waals surface area contributed by atoms with E-state index in [1.807, 2.05) is 0 Å². The van der Waals surface area contributed by atoms with Gasteiger partial charge in [0.15, 0.2) is 5.82 Å². The van der Waals surface area contributed by atoms with Gasteiger partial charge >= 0.3 is 6.18 Å². The summed E-state index contributed by atoms with van der Waals surface area (Å²) in [7, 11) is 4.62. The molecule has 1 atom stereocenters. The zero-order chi connectivity index (χ0) is 22.4. The van der Waals surface area contributed by atoms with Crippen LogP contribution in [0.4, 0.5) is 23.4 Å². The van der Waals surface area contributed by atoms with Crippen LogP contribution in [-0.2, 0) is 13.2 Å². The Morgan fingerprint density at radius 2 is 1.83 bits per heavy atom. The van der Waals surface area contributed by atoms with Crippen LogP contribution in [0.1, 0.15) is 24.1 Å². The Bertz CT molecular complexity index is 1230. The van der Waals surface area contributed by atoms with E-state index in [2.05, 4.69) is 10.4 Å². The molecular formula is C19H19F4N5O2. The van der Waals surface area contributed by atoms with Crippen LogP contribution in [0.3, 0.4) is 0 Å². The number of anilines is 1. The fourth-order valence-corrected chi connectivity index (χ4v) is 3.12. The normalized spacial score (nSPS) is 12.8. The molecule has 0 aliphatic rings. The van der Waals surface area contributed by atoms with Gasteiger partial charge in [-0.15, -0.1) is 0 Å². The van der Waals surface area contributed by atoms with Crippen molar-refractivity contribution in [3.8, 4) is 0 Å². The van der Waals surface area contributed by atoms with E-state index in [0.29, 0.717) is 6.07 Å². The van der Waals surface area contributed by atoms with Crippen LogP contribution in [0.25, 0.3) is 10.8 Å². The van der Waals surface area contributed by atoms with Crippen molar-refractivity contribution in [3.63, 3.8) is 0 Å². The summed E-state index contributed by atoms with van der Waals surface area (Å²) in [4.78, 5) is 24.7. The van der Waals surface area contributed by atoms with Crippen molar-refractivity contribution in [2.45, 2.75) is 19.1 Å². The zero-order valence-corrected chi connectivity index (χ0v) is 16.6. The number of nitrogens with zero attached hydrogens (tertiary/aromatic N) is 4. The average molecular weight is 425 g/mol. The van der Waals surface area contributed by atoms with E-state index in [0.717, 1.165) is 16.8 Å². The van der Waals surface area contributed by atoms with Gasteiger partial charge in [0.1, 0.15) is 5.82 Å². The lowest BCUT2D eigenvalue weighted by Gasteiger charge is -2.21. The standard InChI is InChI=1S/C19H19F4N5O2/c1-10(11-6-5-7-14(16(11)20)19(21,22)23)24-17-13-9-28(26(2)3)15(29)8-12(13)18(30)27(4)25-17/h5-10H,1-4H3,(H,24,25)/t10-/m1/s1. The van der Waals surface area contributed by atoms with Crippen molar-refractivity contribution in [2.24, 2.45) is 7.05 Å². The molecule has 3 rings (SSSR count). The van der Waals surface area contributed by atoms with Gasteiger partial charge in [0.2, 0.25) is 0 Å². The smallest absolute Gasteiger partial charge is 0.361 e. The van der Waals surface area contributed by atoms with Crippen molar-refractivity contribution in [1.29, 1.82) is 0 Å². The Labute approximate surface area is 168 Å². The van der Waals surface area contributed by atoms with Gasteiger partial charge in [-0.1, -0.05) is 12.1 Å². The molecule has 3 aromatic rings. The summed E-state index contributed by atoms with van der Waals surface area (Å²) in [6, 6.07) is 3.26. The first-order chi connectivity index (χ1) is 13.9. The SMILES string of the molecule is C[C@@H](Nc1nn(C)c(=O)c2cc(=O)n(N(C)C)cc12)c1cccc(C(F)(F)F)c1F. The molecule has 2 heterocycles. The summed E-state index contributed by atoms with van der Waals surface area (Å²) in [6.07, 6.45) is -3.44. The predicted octanol–water partition coefficient (Wildman–Crippen LogP) is 2.62. The maximum Gasteiger partial charge on any atom is 0.419 e. The lowest BCUT2D eigenvalue weighted by Crippen LogP contribution is -2.36. The van der Waals surface area contributed by atoms with Gasteiger partial charge in [0.25, 0.3) is 11.1 Å². The first kappa shape index (κ1) is 21.3. The number of alkyl halides is 3. The number of aryl methyl sites for hydroxylation is 1. The molecule has 2 aromatic heterocycles. The van der Waals surface area contributed by atoms with Gasteiger partial charge in [0.05, 0.1) is 22.4 Å². The van der Waals surface area contributed by atoms with E-state index < -0.39 is 34.7 Å². The molecular weight excluding hydrogens is 406 g/mol. The molecule has 7 nitrogen and oxygen atoms in total. The molecule has 1 N–H and O–H groups in total. The van der Waals surface area contributed by atoms with Gasteiger partial charge < -0.3 is 10.3 Å². The van der Waals surface area contributed by atoms with Gasteiger partial charge in [-0.3, -0.25) is 9.59 Å². The number of aromatic nitrogens is 3. The average Bonchev–Trinajstić information content (AvgIpc) is 2.64. The van der Waals surface area contributed by atoms with E-state index >= 15 is 0 Å². The van der Waals surface area contributed by atoms with Crippen LogP contribution in [0.5, 0.6) is 0 Å². The summed E-state index contributed by atoms with van der Waals surface area (Å²) >= 11 is 0.